The van der Waals surface area contributed by atoms with Crippen molar-refractivity contribution in [3.8, 4) is 5.75 Å². The smallest absolute Gasteiger partial charge is 0.242 e. The quantitative estimate of drug-likeness (QED) is 0.270. The number of rotatable bonds is 14. The molecule has 0 spiro atoms. The first kappa shape index (κ1) is 28.8. The SMILES string of the molecule is CNC(=O)C(Cc1ccc(OC)cc1)NC(=O)C(CCc1cccc(NCc2ccccc2)c1)CC(C)C. The summed E-state index contributed by atoms with van der Waals surface area (Å²) in [6, 6.07) is 25.6. The minimum Gasteiger partial charge on any atom is -0.497 e. The maximum Gasteiger partial charge on any atom is 0.242 e. The Balaban J connectivity index is 1.63. The van der Waals surface area contributed by atoms with Crippen molar-refractivity contribution in [1.82, 2.24) is 10.6 Å². The van der Waals surface area contributed by atoms with Crippen LogP contribution in [0.1, 0.15) is 43.4 Å². The first-order valence-corrected chi connectivity index (χ1v) is 13.4. The number of anilines is 1. The molecule has 0 aromatic heterocycles. The summed E-state index contributed by atoms with van der Waals surface area (Å²) in [6.07, 6.45) is 2.68. The van der Waals surface area contributed by atoms with E-state index in [0.717, 1.165) is 42.8 Å². The Bertz CT molecular complexity index is 1150. The largest absolute Gasteiger partial charge is 0.497 e. The van der Waals surface area contributed by atoms with Crippen LogP contribution in [0.15, 0.2) is 78.9 Å². The van der Waals surface area contributed by atoms with Gasteiger partial charge in [-0.15, -0.1) is 0 Å². The van der Waals surface area contributed by atoms with Gasteiger partial charge in [-0.3, -0.25) is 9.59 Å². The van der Waals surface area contributed by atoms with Crippen molar-refractivity contribution < 1.29 is 14.3 Å². The van der Waals surface area contributed by atoms with Crippen molar-refractivity contribution in [3.05, 3.63) is 95.6 Å². The highest BCUT2D eigenvalue weighted by atomic mass is 16.5. The normalized spacial score (nSPS) is 12.4. The predicted octanol–water partition coefficient (Wildman–Crippen LogP) is 5.38. The number of aryl methyl sites for hydroxylation is 1. The zero-order chi connectivity index (χ0) is 27.3. The van der Waals surface area contributed by atoms with Gasteiger partial charge in [-0.2, -0.15) is 0 Å². The lowest BCUT2D eigenvalue weighted by Gasteiger charge is -2.23. The Hall–Kier alpha value is -3.80. The van der Waals surface area contributed by atoms with Gasteiger partial charge < -0.3 is 20.7 Å². The molecule has 2 amide bonds. The predicted molar refractivity (Wildman–Crippen MR) is 154 cm³/mol. The molecule has 0 bridgehead atoms. The molecule has 0 radical (unpaired) electrons. The summed E-state index contributed by atoms with van der Waals surface area (Å²) in [4.78, 5) is 26.1. The van der Waals surface area contributed by atoms with Crippen LogP contribution in [0.3, 0.4) is 0 Å². The number of ether oxygens (including phenoxy) is 1. The molecule has 3 rings (SSSR count). The third kappa shape index (κ3) is 9.25. The van der Waals surface area contributed by atoms with Gasteiger partial charge in [0.1, 0.15) is 11.8 Å². The highest BCUT2D eigenvalue weighted by Crippen LogP contribution is 2.21. The van der Waals surface area contributed by atoms with Crippen LogP contribution in [0.2, 0.25) is 0 Å². The summed E-state index contributed by atoms with van der Waals surface area (Å²) in [5.74, 6) is 0.669. The molecule has 6 heteroatoms. The lowest BCUT2D eigenvalue weighted by Crippen LogP contribution is -2.49. The zero-order valence-electron chi connectivity index (χ0n) is 23.0. The van der Waals surface area contributed by atoms with E-state index in [0.29, 0.717) is 12.3 Å². The van der Waals surface area contributed by atoms with Crippen LogP contribution in [0.25, 0.3) is 0 Å². The fourth-order valence-corrected chi connectivity index (χ4v) is 4.57. The molecule has 0 aliphatic carbocycles. The number of benzene rings is 3. The minimum absolute atomic E-state index is 0.0702. The fourth-order valence-electron chi connectivity index (χ4n) is 4.57. The Morgan fingerprint density at radius 3 is 2.21 bits per heavy atom. The van der Waals surface area contributed by atoms with Crippen molar-refractivity contribution in [1.29, 1.82) is 0 Å². The molecule has 0 saturated heterocycles. The Morgan fingerprint density at radius 1 is 0.842 bits per heavy atom. The molecule has 202 valence electrons. The number of carbonyl (C=O) groups excluding carboxylic acids is 2. The fraction of sp³-hybridized carbons (Fsp3) is 0.375. The highest BCUT2D eigenvalue weighted by molar-refractivity contribution is 5.88. The van der Waals surface area contributed by atoms with Crippen LogP contribution >= 0.6 is 0 Å². The van der Waals surface area contributed by atoms with Gasteiger partial charge >= 0.3 is 0 Å². The van der Waals surface area contributed by atoms with Crippen molar-refractivity contribution in [2.75, 3.05) is 19.5 Å². The Morgan fingerprint density at radius 2 is 1.55 bits per heavy atom. The van der Waals surface area contributed by atoms with Crippen molar-refractivity contribution in [3.63, 3.8) is 0 Å². The maximum absolute atomic E-state index is 13.4. The number of nitrogens with one attached hydrogen (secondary N) is 3. The number of carbonyl (C=O) groups is 2. The van der Waals surface area contributed by atoms with Crippen molar-refractivity contribution in [2.45, 2.75) is 52.1 Å². The summed E-state index contributed by atoms with van der Waals surface area (Å²) in [6.45, 7) is 5.02. The van der Waals surface area contributed by atoms with Gasteiger partial charge in [0.25, 0.3) is 0 Å². The van der Waals surface area contributed by atoms with E-state index in [1.807, 2.05) is 42.5 Å². The number of hydrogen-bond acceptors (Lipinski definition) is 4. The maximum atomic E-state index is 13.4. The zero-order valence-corrected chi connectivity index (χ0v) is 23.0. The first-order valence-electron chi connectivity index (χ1n) is 13.4. The van der Waals surface area contributed by atoms with Gasteiger partial charge in [-0.1, -0.05) is 68.4 Å². The van der Waals surface area contributed by atoms with Crippen LogP contribution < -0.4 is 20.7 Å². The lowest BCUT2D eigenvalue weighted by molar-refractivity contribution is -0.131. The van der Waals surface area contributed by atoms with E-state index in [4.69, 9.17) is 4.74 Å². The van der Waals surface area contributed by atoms with Gasteiger partial charge in [0, 0.05) is 31.6 Å². The molecule has 0 heterocycles. The number of methoxy groups -OCH3 is 1. The summed E-state index contributed by atoms with van der Waals surface area (Å²) in [7, 11) is 3.22. The van der Waals surface area contributed by atoms with Gasteiger partial charge in [0.15, 0.2) is 0 Å². The van der Waals surface area contributed by atoms with Crippen LogP contribution in [0.4, 0.5) is 5.69 Å². The van der Waals surface area contributed by atoms with E-state index in [9.17, 15) is 9.59 Å². The highest BCUT2D eigenvalue weighted by Gasteiger charge is 2.26. The molecule has 38 heavy (non-hydrogen) atoms. The Labute approximate surface area is 227 Å². The minimum atomic E-state index is -0.638. The number of hydrogen-bond donors (Lipinski definition) is 3. The van der Waals surface area contributed by atoms with Gasteiger partial charge in [0.05, 0.1) is 7.11 Å². The first-order chi connectivity index (χ1) is 18.4. The average Bonchev–Trinajstić information content (AvgIpc) is 2.94. The molecule has 3 aromatic rings. The molecule has 0 aliphatic heterocycles. The van der Waals surface area contributed by atoms with Crippen LogP contribution in [-0.2, 0) is 29.0 Å². The summed E-state index contributed by atoms with van der Waals surface area (Å²) in [5.41, 5.74) is 4.44. The molecular formula is C32H41N3O3. The van der Waals surface area contributed by atoms with E-state index < -0.39 is 6.04 Å². The standard InChI is InChI=1S/C32H41N3O3/c1-23(2)19-27(16-13-24-11-8-12-28(20-24)34-22-26-9-6-5-7-10-26)31(36)35-30(32(37)33-3)21-25-14-17-29(38-4)18-15-25/h5-12,14-15,17-18,20,23,27,30,34H,13,16,19,21-22H2,1-4H3,(H,33,37)(H,35,36). The molecule has 0 saturated carbocycles. The molecule has 3 aromatic carbocycles. The summed E-state index contributed by atoms with van der Waals surface area (Å²) >= 11 is 0. The second-order valence-corrected chi connectivity index (χ2v) is 10.1. The monoisotopic (exact) mass is 515 g/mol. The van der Waals surface area contributed by atoms with E-state index in [-0.39, 0.29) is 17.7 Å². The second kappa shape index (κ2) is 14.8. The van der Waals surface area contributed by atoms with Gasteiger partial charge in [-0.25, -0.2) is 0 Å². The topological polar surface area (TPSA) is 79.5 Å². The van der Waals surface area contributed by atoms with Crippen molar-refractivity contribution >= 4 is 17.5 Å². The van der Waals surface area contributed by atoms with Crippen LogP contribution in [-0.4, -0.2) is 32.0 Å². The van der Waals surface area contributed by atoms with E-state index in [1.54, 1.807) is 14.2 Å². The summed E-state index contributed by atoms with van der Waals surface area (Å²) < 4.78 is 5.23. The molecular weight excluding hydrogens is 474 g/mol. The van der Waals surface area contributed by atoms with Crippen LogP contribution in [0, 0.1) is 11.8 Å². The van der Waals surface area contributed by atoms with Gasteiger partial charge in [0.2, 0.25) is 11.8 Å². The molecule has 3 N–H and O–H groups in total. The molecule has 6 nitrogen and oxygen atoms in total. The Kier molecular flexibility index (Phi) is 11.2. The number of amides is 2. The van der Waals surface area contributed by atoms with E-state index in [1.165, 1.54) is 11.1 Å². The van der Waals surface area contributed by atoms with Crippen molar-refractivity contribution in [2.24, 2.45) is 11.8 Å². The third-order valence-electron chi connectivity index (χ3n) is 6.65. The molecule has 0 aliphatic rings. The van der Waals surface area contributed by atoms with E-state index in [2.05, 4.69) is 66.2 Å². The summed E-state index contributed by atoms with van der Waals surface area (Å²) in [5, 5.41) is 9.22. The molecule has 0 fully saturated rings. The number of likely N-dealkylation sites (N-methyl/N-ethyl adjacent to an activating group) is 1. The molecule has 2 atom stereocenters. The third-order valence-corrected chi connectivity index (χ3v) is 6.65. The lowest BCUT2D eigenvalue weighted by atomic mass is 9.90. The van der Waals surface area contributed by atoms with Crippen LogP contribution in [0.5, 0.6) is 5.75 Å². The van der Waals surface area contributed by atoms with Gasteiger partial charge in [-0.05, 0) is 66.1 Å². The molecule has 2 unspecified atom stereocenters. The average molecular weight is 516 g/mol. The second-order valence-electron chi connectivity index (χ2n) is 10.1. The van der Waals surface area contributed by atoms with E-state index >= 15 is 0 Å².